The summed E-state index contributed by atoms with van der Waals surface area (Å²) in [7, 11) is 1.58. The highest BCUT2D eigenvalue weighted by Crippen LogP contribution is 2.23. The maximum atomic E-state index is 13.3. The molecule has 1 amide bonds. The minimum atomic E-state index is -0.0265. The van der Waals surface area contributed by atoms with Crippen molar-refractivity contribution in [1.82, 2.24) is 4.90 Å². The molecule has 1 aromatic heterocycles. The molecule has 0 bridgehead atoms. The predicted octanol–water partition coefficient (Wildman–Crippen LogP) is 5.08. The van der Waals surface area contributed by atoms with Crippen molar-refractivity contribution in [3.63, 3.8) is 0 Å². The van der Waals surface area contributed by atoms with Gasteiger partial charge in [-0.1, -0.05) is 30.3 Å². The number of ketones is 1. The second-order valence-corrected chi connectivity index (χ2v) is 8.70. The lowest BCUT2D eigenvalue weighted by molar-refractivity contribution is -0.131. The molecule has 0 saturated heterocycles. The molecule has 0 aliphatic carbocycles. The zero-order valence-corrected chi connectivity index (χ0v) is 18.5. The molecule has 0 fully saturated rings. The summed E-state index contributed by atoms with van der Waals surface area (Å²) < 4.78 is 5.43. The summed E-state index contributed by atoms with van der Waals surface area (Å²) in [6.07, 6.45) is 0.991. The van der Waals surface area contributed by atoms with Crippen molar-refractivity contribution in [3.8, 4) is 5.75 Å². The van der Waals surface area contributed by atoms with Crippen LogP contribution in [0.5, 0.6) is 5.75 Å². The molecule has 3 aromatic rings. The lowest BCUT2D eigenvalue weighted by Crippen LogP contribution is -2.33. The predicted molar refractivity (Wildman–Crippen MR) is 121 cm³/mol. The Hall–Kier alpha value is -2.92. The lowest BCUT2D eigenvalue weighted by atomic mass is 10.0. The Bertz CT molecular complexity index is 1010. The molecule has 0 unspecified atom stereocenters. The van der Waals surface area contributed by atoms with E-state index < -0.39 is 0 Å². The number of rotatable bonds is 9. The third-order valence-corrected chi connectivity index (χ3v) is 6.02. The monoisotopic (exact) mass is 421 g/mol. The molecule has 156 valence electrons. The van der Waals surface area contributed by atoms with Gasteiger partial charge in [-0.05, 0) is 56.2 Å². The van der Waals surface area contributed by atoms with Gasteiger partial charge in [0.25, 0.3) is 0 Å². The van der Waals surface area contributed by atoms with Crippen LogP contribution in [0.2, 0.25) is 0 Å². The number of methoxy groups -OCH3 is 1. The molecule has 4 nitrogen and oxygen atoms in total. The number of nitrogens with zero attached hydrogens (tertiary/aromatic N) is 1. The highest BCUT2D eigenvalue weighted by atomic mass is 32.1. The highest BCUT2D eigenvalue weighted by Gasteiger charge is 2.18. The van der Waals surface area contributed by atoms with Gasteiger partial charge in [-0.3, -0.25) is 9.59 Å². The van der Waals surface area contributed by atoms with E-state index >= 15 is 0 Å². The van der Waals surface area contributed by atoms with Gasteiger partial charge in [0.05, 0.1) is 20.1 Å². The number of benzene rings is 2. The second-order valence-electron chi connectivity index (χ2n) is 7.32. The third-order valence-electron chi connectivity index (χ3n) is 5.04. The smallest absolute Gasteiger partial charge is 0.227 e. The Morgan fingerprint density at radius 1 is 1.03 bits per heavy atom. The molecule has 30 heavy (non-hydrogen) atoms. The number of amides is 1. The molecule has 5 heteroatoms. The summed E-state index contributed by atoms with van der Waals surface area (Å²) in [5, 5.41) is 0. The number of carbonyl (C=O) groups is 2. The Labute approximate surface area is 182 Å². The molecule has 3 rings (SSSR count). The first-order valence-corrected chi connectivity index (χ1v) is 10.8. The fourth-order valence-corrected chi connectivity index (χ4v) is 4.28. The number of hydrogen-bond donors (Lipinski definition) is 0. The molecule has 0 saturated carbocycles. The summed E-state index contributed by atoms with van der Waals surface area (Å²) >= 11 is 1.71. The number of Topliss-reactive ketones (excluding diaryl/α,β-unsaturated/α-hetero) is 1. The minimum Gasteiger partial charge on any atom is -0.496 e. The van der Waals surface area contributed by atoms with Gasteiger partial charge in [0.1, 0.15) is 5.75 Å². The summed E-state index contributed by atoms with van der Waals surface area (Å²) in [6.45, 7) is 4.81. The topological polar surface area (TPSA) is 46.6 Å². The van der Waals surface area contributed by atoms with Crippen molar-refractivity contribution in [2.75, 3.05) is 13.7 Å². The summed E-state index contributed by atoms with van der Waals surface area (Å²) in [5.74, 6) is 0.626. The van der Waals surface area contributed by atoms with Crippen LogP contribution >= 0.6 is 11.3 Å². The molecule has 0 aliphatic rings. The molecule has 0 radical (unpaired) electrons. The van der Waals surface area contributed by atoms with Gasteiger partial charge in [-0.15, -0.1) is 11.3 Å². The molecular weight excluding hydrogens is 394 g/mol. The largest absolute Gasteiger partial charge is 0.496 e. The molecule has 0 aliphatic heterocycles. The van der Waals surface area contributed by atoms with Crippen molar-refractivity contribution < 1.29 is 14.3 Å². The normalized spacial score (nSPS) is 10.6. The van der Waals surface area contributed by atoms with E-state index in [2.05, 4.69) is 31.2 Å². The van der Waals surface area contributed by atoms with Crippen molar-refractivity contribution in [2.24, 2.45) is 0 Å². The van der Waals surface area contributed by atoms with Gasteiger partial charge < -0.3 is 9.64 Å². The average molecular weight is 422 g/mol. The Kier molecular flexibility index (Phi) is 7.41. The first kappa shape index (κ1) is 21.8. The van der Waals surface area contributed by atoms with Crippen LogP contribution in [0.15, 0.2) is 60.7 Å². The van der Waals surface area contributed by atoms with Gasteiger partial charge in [-0.25, -0.2) is 0 Å². The van der Waals surface area contributed by atoms with Crippen molar-refractivity contribution in [3.05, 3.63) is 87.1 Å². The Balaban J connectivity index is 1.80. The number of hydrogen-bond acceptors (Lipinski definition) is 4. The zero-order chi connectivity index (χ0) is 21.5. The van der Waals surface area contributed by atoms with Gasteiger partial charge in [0, 0.05) is 27.4 Å². The van der Waals surface area contributed by atoms with Crippen LogP contribution in [-0.4, -0.2) is 30.2 Å². The molecule has 0 atom stereocenters. The van der Waals surface area contributed by atoms with Crippen LogP contribution in [0, 0.1) is 6.92 Å². The van der Waals surface area contributed by atoms with Crippen LogP contribution in [0.1, 0.15) is 38.2 Å². The molecule has 1 heterocycles. The van der Waals surface area contributed by atoms with E-state index in [1.807, 2.05) is 23.1 Å². The molecule has 0 N–H and O–H groups in total. The maximum Gasteiger partial charge on any atom is 0.227 e. The Morgan fingerprint density at radius 2 is 1.80 bits per heavy atom. The summed E-state index contributed by atoms with van der Waals surface area (Å²) in [6, 6.07) is 19.6. The van der Waals surface area contributed by atoms with E-state index in [0.717, 1.165) is 12.0 Å². The van der Waals surface area contributed by atoms with E-state index in [1.54, 1.807) is 36.6 Å². The van der Waals surface area contributed by atoms with Gasteiger partial charge in [0.15, 0.2) is 5.78 Å². The molecular formula is C25H27NO3S. The van der Waals surface area contributed by atoms with Crippen LogP contribution < -0.4 is 4.74 Å². The van der Waals surface area contributed by atoms with E-state index in [-0.39, 0.29) is 18.1 Å². The first-order chi connectivity index (χ1) is 14.5. The minimum absolute atomic E-state index is 0.0241. The van der Waals surface area contributed by atoms with Gasteiger partial charge in [0.2, 0.25) is 5.91 Å². The molecule has 2 aromatic carbocycles. The number of ether oxygens (including phenoxy) is 1. The highest BCUT2D eigenvalue weighted by molar-refractivity contribution is 7.11. The van der Waals surface area contributed by atoms with Crippen molar-refractivity contribution in [1.29, 1.82) is 0 Å². The quantitative estimate of drug-likeness (QED) is 0.453. The lowest BCUT2D eigenvalue weighted by Gasteiger charge is -2.23. The number of aryl methyl sites for hydroxylation is 1. The van der Waals surface area contributed by atoms with E-state index in [9.17, 15) is 9.59 Å². The standard InChI is InChI=1S/C25H27NO3S/c1-18-9-11-23(30-18)17-26(14-13-20-7-5-4-6-8-20)25(28)16-22-15-21(19(2)27)10-12-24(22)29-3/h4-12,15H,13-14,16-17H2,1-3H3. The van der Waals surface area contributed by atoms with E-state index in [4.69, 9.17) is 4.74 Å². The summed E-state index contributed by atoms with van der Waals surface area (Å²) in [5.41, 5.74) is 2.53. The first-order valence-electron chi connectivity index (χ1n) is 10.0. The fraction of sp³-hybridized carbons (Fsp3) is 0.280. The maximum absolute atomic E-state index is 13.3. The van der Waals surface area contributed by atoms with Crippen LogP contribution in [0.3, 0.4) is 0 Å². The second kappa shape index (κ2) is 10.2. The zero-order valence-electron chi connectivity index (χ0n) is 17.7. The van der Waals surface area contributed by atoms with Crippen LogP contribution in [0.4, 0.5) is 0 Å². The van der Waals surface area contributed by atoms with E-state index in [0.29, 0.717) is 24.4 Å². The van der Waals surface area contributed by atoms with Gasteiger partial charge in [-0.2, -0.15) is 0 Å². The Morgan fingerprint density at radius 3 is 2.43 bits per heavy atom. The van der Waals surface area contributed by atoms with Crippen molar-refractivity contribution >= 4 is 23.0 Å². The van der Waals surface area contributed by atoms with Crippen molar-refractivity contribution in [2.45, 2.75) is 33.2 Å². The average Bonchev–Trinajstić information content (AvgIpc) is 3.16. The fourth-order valence-electron chi connectivity index (χ4n) is 3.37. The van der Waals surface area contributed by atoms with Crippen LogP contribution in [0.25, 0.3) is 0 Å². The summed E-state index contributed by atoms with van der Waals surface area (Å²) in [4.78, 5) is 29.4. The molecule has 0 spiro atoms. The van der Waals surface area contributed by atoms with Crippen LogP contribution in [-0.2, 0) is 24.2 Å². The number of carbonyl (C=O) groups excluding carboxylic acids is 2. The third kappa shape index (κ3) is 5.80. The number of thiophene rings is 1. The van der Waals surface area contributed by atoms with Gasteiger partial charge >= 0.3 is 0 Å². The van der Waals surface area contributed by atoms with E-state index in [1.165, 1.54) is 22.2 Å². The SMILES string of the molecule is COc1ccc(C(C)=O)cc1CC(=O)N(CCc1ccccc1)Cc1ccc(C)s1.